The summed E-state index contributed by atoms with van der Waals surface area (Å²) in [6, 6.07) is 46.1. The van der Waals surface area contributed by atoms with Crippen molar-refractivity contribution in [3.8, 4) is 11.1 Å². The molecule has 370 valence electrons. The van der Waals surface area contributed by atoms with Gasteiger partial charge in [-0.1, -0.05) is 163 Å². The first-order valence-electron chi connectivity index (χ1n) is 27.5. The van der Waals surface area contributed by atoms with E-state index in [1.807, 2.05) is 0 Å². The van der Waals surface area contributed by atoms with Crippen molar-refractivity contribution in [2.75, 3.05) is 9.80 Å². The van der Waals surface area contributed by atoms with E-state index in [1.165, 1.54) is 137 Å². The second-order valence-electron chi connectivity index (χ2n) is 27.3. The highest BCUT2D eigenvalue weighted by molar-refractivity contribution is 7.32. The van der Waals surface area contributed by atoms with Gasteiger partial charge in [-0.3, -0.25) is 0 Å². The summed E-state index contributed by atoms with van der Waals surface area (Å²) >= 11 is 2.08. The van der Waals surface area contributed by atoms with Crippen LogP contribution >= 0.6 is 11.3 Å². The van der Waals surface area contributed by atoms with Gasteiger partial charge in [-0.25, -0.2) is 0 Å². The molecule has 0 saturated carbocycles. The maximum absolute atomic E-state index is 2.82. The lowest BCUT2D eigenvalue weighted by molar-refractivity contribution is 0.479. The topological polar surface area (TPSA) is 10.9 Å². The van der Waals surface area contributed by atoms with E-state index in [0.29, 0.717) is 0 Å². The Hall–Kier alpha value is -6.30. The Labute approximate surface area is 443 Å². The first-order chi connectivity index (χ1) is 35.0. The molecule has 5 heteroatoms. The van der Waals surface area contributed by atoms with Crippen molar-refractivity contribution < 1.29 is 0 Å². The predicted octanol–water partition coefficient (Wildman–Crippen LogP) is 17.0. The fourth-order valence-corrected chi connectivity index (χ4v) is 15.6. The minimum absolute atomic E-state index is 0.00879. The number of aromatic nitrogens is 1. The molecule has 0 saturated heterocycles. The van der Waals surface area contributed by atoms with Gasteiger partial charge in [0, 0.05) is 64.7 Å². The fraction of sp³-hybridized carbons (Fsp3) is 0.333. The lowest BCUT2D eigenvalue weighted by Crippen LogP contribution is -2.59. The second kappa shape index (κ2) is 15.0. The molecule has 2 aliphatic heterocycles. The van der Waals surface area contributed by atoms with Crippen molar-refractivity contribution in [2.24, 2.45) is 5.41 Å². The molecule has 0 fully saturated rings. The Morgan fingerprint density at radius 2 is 1.20 bits per heavy atom. The van der Waals surface area contributed by atoms with Crippen LogP contribution in [0.3, 0.4) is 0 Å². The number of hydrogen-bond donors (Lipinski definition) is 0. The monoisotopic (exact) mass is 984 g/mol. The van der Waals surface area contributed by atoms with Crippen LogP contribution in [0.25, 0.3) is 54.2 Å². The fourth-order valence-electron chi connectivity index (χ4n) is 14.3. The summed E-state index contributed by atoms with van der Waals surface area (Å²) in [6.07, 6.45) is 8.00. The Kier molecular flexibility index (Phi) is 9.36. The summed E-state index contributed by atoms with van der Waals surface area (Å²) in [5, 5.41) is 5.60. The van der Waals surface area contributed by atoms with Crippen molar-refractivity contribution >= 4 is 94.1 Å². The Bertz CT molecular complexity index is 4070. The van der Waals surface area contributed by atoms with Crippen LogP contribution in [0.15, 0.2) is 139 Å². The molecule has 0 radical (unpaired) electrons. The van der Waals surface area contributed by atoms with Gasteiger partial charge in [-0.2, -0.15) is 0 Å². The van der Waals surface area contributed by atoms with Crippen LogP contribution < -0.4 is 25.3 Å². The van der Waals surface area contributed by atoms with E-state index >= 15 is 0 Å². The highest BCUT2D eigenvalue weighted by Crippen LogP contribution is 2.57. The summed E-state index contributed by atoms with van der Waals surface area (Å²) in [6.45, 7) is 33.4. The number of hydrogen-bond acceptors (Lipinski definition) is 3. The average molecular weight is 984 g/mol. The zero-order valence-electron chi connectivity index (χ0n) is 46.2. The number of fused-ring (bicyclic) bond motifs is 15. The Balaban J connectivity index is 1.14. The van der Waals surface area contributed by atoms with E-state index < -0.39 is 0 Å². The van der Waals surface area contributed by atoms with Crippen LogP contribution in [-0.4, -0.2) is 11.1 Å². The molecule has 9 aromatic rings. The molecule has 6 aromatic carbocycles. The SMILES string of the molecule is CC(C)(C)C1=CC=C(N2C3=c4c5cc(C(C)(C)C)ccc5n5c4c(c4cc(C(C)(C)C)ccc45)CC3B3c4sc5cc6c(cc5c4N(c4ccc(C(C)(C)C)cc4)c4cccc2c43)-c2ccccc2C6(C)C)CC1. The van der Waals surface area contributed by atoms with Gasteiger partial charge in [-0.15, -0.1) is 11.3 Å². The van der Waals surface area contributed by atoms with Gasteiger partial charge >= 0.3 is 0 Å². The van der Waals surface area contributed by atoms with Crippen molar-refractivity contribution in [2.45, 2.75) is 144 Å². The molecular formula is C69H70BN3S. The molecular weight excluding hydrogens is 914 g/mol. The average Bonchev–Trinajstić information content (AvgIpc) is 4.07. The molecule has 1 atom stereocenters. The minimum Gasteiger partial charge on any atom is -0.318 e. The minimum atomic E-state index is -0.0944. The van der Waals surface area contributed by atoms with Crippen LogP contribution in [0, 0.1) is 5.41 Å². The lowest BCUT2D eigenvalue weighted by atomic mass is 9.31. The van der Waals surface area contributed by atoms with Crippen molar-refractivity contribution in [1.82, 2.24) is 4.40 Å². The van der Waals surface area contributed by atoms with Crippen LogP contribution in [0.5, 0.6) is 0 Å². The molecule has 0 bridgehead atoms. The number of rotatable bonds is 2. The molecule has 1 unspecified atom stereocenters. The molecule has 0 N–H and O–H groups in total. The summed E-state index contributed by atoms with van der Waals surface area (Å²) in [5.74, 6) is 0.169. The van der Waals surface area contributed by atoms with Gasteiger partial charge in [0.25, 0.3) is 0 Å². The molecule has 14 rings (SSSR count). The molecule has 5 aliphatic rings. The first kappa shape index (κ1) is 46.3. The largest absolute Gasteiger partial charge is 0.318 e. The zero-order chi connectivity index (χ0) is 51.5. The molecule has 74 heavy (non-hydrogen) atoms. The summed E-state index contributed by atoms with van der Waals surface area (Å²) in [5.41, 5.74) is 26.5. The number of allylic oxidation sites excluding steroid dienone is 4. The smallest absolute Gasteiger partial charge is 0.239 e. The highest BCUT2D eigenvalue weighted by atomic mass is 32.1. The Morgan fingerprint density at radius 1 is 0.568 bits per heavy atom. The standard InChI is InChI=1S/C69H70BN3S/c1-65(2,3)39-22-28-43(29-23-39)71-56-20-17-21-57-60(56)70(64-62(71)50-36-46-45-18-15-16-19-51(45)69(13,14)52(46)38-58(50)74-64)53-37-48-47-34-41(67(7,8)9)26-32-54(47)73-55-33-27-42(68(10,11)12)35-49(55)59(61(48)73)63(53)72(57)44-30-24-40(25-31-44)66(4,5)6/h15-24,26-30,32-36,38,53H,25,31,37H2,1-14H3. The normalized spacial score (nSPS) is 18.0. The van der Waals surface area contributed by atoms with E-state index in [4.69, 9.17) is 0 Å². The third kappa shape index (κ3) is 6.32. The van der Waals surface area contributed by atoms with E-state index in [0.717, 1.165) is 19.3 Å². The molecule has 0 amide bonds. The number of thiophene rings is 1. The van der Waals surface area contributed by atoms with E-state index in [1.54, 1.807) is 0 Å². The number of anilines is 4. The maximum Gasteiger partial charge on any atom is 0.239 e. The molecule has 3 aromatic heterocycles. The van der Waals surface area contributed by atoms with Crippen molar-refractivity contribution in [1.29, 1.82) is 0 Å². The zero-order valence-corrected chi connectivity index (χ0v) is 47.0. The second-order valence-corrected chi connectivity index (χ2v) is 28.4. The van der Waals surface area contributed by atoms with Gasteiger partial charge in [0.1, 0.15) is 0 Å². The molecule has 0 spiro atoms. The van der Waals surface area contributed by atoms with Crippen LogP contribution in [0.2, 0.25) is 5.82 Å². The van der Waals surface area contributed by atoms with Crippen LogP contribution in [-0.2, 0) is 28.1 Å². The number of benzene rings is 6. The van der Waals surface area contributed by atoms with Gasteiger partial charge in [0.05, 0.1) is 22.2 Å². The number of nitrogens with zero attached hydrogens (tertiary/aromatic N) is 3. The summed E-state index contributed by atoms with van der Waals surface area (Å²) in [4.78, 5) is 5.51. The van der Waals surface area contributed by atoms with Gasteiger partial charge in [-0.05, 0) is 163 Å². The van der Waals surface area contributed by atoms with Gasteiger partial charge in [0.2, 0.25) is 6.71 Å². The van der Waals surface area contributed by atoms with E-state index in [9.17, 15) is 0 Å². The molecule has 5 heterocycles. The quantitative estimate of drug-likeness (QED) is 0.160. The summed E-state index contributed by atoms with van der Waals surface area (Å²) < 4.78 is 5.55. The van der Waals surface area contributed by atoms with Crippen molar-refractivity contribution in [3.05, 3.63) is 177 Å². The van der Waals surface area contributed by atoms with E-state index in [-0.39, 0.29) is 39.6 Å². The lowest BCUT2D eigenvalue weighted by Gasteiger charge is -2.48. The third-order valence-electron chi connectivity index (χ3n) is 18.3. The van der Waals surface area contributed by atoms with Gasteiger partial charge in [0.15, 0.2) is 0 Å². The van der Waals surface area contributed by atoms with Crippen molar-refractivity contribution in [3.63, 3.8) is 0 Å². The predicted molar refractivity (Wildman–Crippen MR) is 321 cm³/mol. The first-order valence-corrected chi connectivity index (χ1v) is 28.3. The molecule has 3 nitrogen and oxygen atoms in total. The Morgan fingerprint density at radius 3 is 1.85 bits per heavy atom. The van der Waals surface area contributed by atoms with E-state index in [2.05, 4.69) is 250 Å². The van der Waals surface area contributed by atoms with Crippen LogP contribution in [0.1, 0.15) is 143 Å². The highest BCUT2D eigenvalue weighted by Gasteiger charge is 2.52. The molecule has 3 aliphatic carbocycles. The van der Waals surface area contributed by atoms with Gasteiger partial charge < -0.3 is 14.2 Å². The maximum atomic E-state index is 2.82. The third-order valence-corrected chi connectivity index (χ3v) is 19.6. The summed E-state index contributed by atoms with van der Waals surface area (Å²) in [7, 11) is 0. The van der Waals surface area contributed by atoms with Crippen LogP contribution in [0.4, 0.5) is 22.7 Å².